The minimum absolute atomic E-state index is 0.252. The molecule has 0 atom stereocenters. The van der Waals surface area contributed by atoms with Crippen molar-refractivity contribution >= 4 is 34.3 Å². The number of nitrogens with zero attached hydrogens (tertiary/aromatic N) is 1. The van der Waals surface area contributed by atoms with E-state index in [2.05, 4.69) is 10.3 Å². The maximum atomic E-state index is 11.9. The standard InChI is InChI=1S/C17H13ClN2O4/c1-10-6-17(22)24-13-8-14(12(18)7-11(10)13)23-9-16(21)20-15-4-2-3-5-19-15/h2-8H,9H2,1H3,(H,19,20,21). The van der Waals surface area contributed by atoms with Gasteiger partial charge in [-0.15, -0.1) is 0 Å². The van der Waals surface area contributed by atoms with Crippen molar-refractivity contribution in [3.63, 3.8) is 0 Å². The Morgan fingerprint density at radius 3 is 2.92 bits per heavy atom. The molecule has 24 heavy (non-hydrogen) atoms. The number of halogens is 1. The monoisotopic (exact) mass is 344 g/mol. The van der Waals surface area contributed by atoms with E-state index in [1.54, 1.807) is 37.4 Å². The molecule has 122 valence electrons. The SMILES string of the molecule is Cc1cc(=O)oc2cc(OCC(=O)Nc3ccccn3)c(Cl)cc12. The number of hydrogen-bond acceptors (Lipinski definition) is 5. The van der Waals surface area contributed by atoms with Gasteiger partial charge >= 0.3 is 5.63 Å². The highest BCUT2D eigenvalue weighted by molar-refractivity contribution is 6.32. The lowest BCUT2D eigenvalue weighted by molar-refractivity contribution is -0.118. The van der Waals surface area contributed by atoms with Crippen LogP contribution in [0.15, 0.2) is 51.8 Å². The van der Waals surface area contributed by atoms with Crippen molar-refractivity contribution in [3.05, 3.63) is 63.6 Å². The van der Waals surface area contributed by atoms with E-state index >= 15 is 0 Å². The van der Waals surface area contributed by atoms with Crippen LogP contribution in [0.4, 0.5) is 5.82 Å². The first-order chi connectivity index (χ1) is 11.5. The van der Waals surface area contributed by atoms with E-state index in [0.717, 1.165) is 5.56 Å². The van der Waals surface area contributed by atoms with Gasteiger partial charge in [-0.1, -0.05) is 17.7 Å². The number of carbonyl (C=O) groups is 1. The first kappa shape index (κ1) is 16.0. The Kier molecular flexibility index (Phi) is 4.48. The van der Waals surface area contributed by atoms with Crippen LogP contribution in [0.3, 0.4) is 0 Å². The number of hydrogen-bond donors (Lipinski definition) is 1. The first-order valence-corrected chi connectivity index (χ1v) is 7.48. The predicted molar refractivity (Wildman–Crippen MR) is 90.6 cm³/mol. The van der Waals surface area contributed by atoms with E-state index in [-0.39, 0.29) is 18.3 Å². The van der Waals surface area contributed by atoms with Crippen LogP contribution in [0, 0.1) is 6.92 Å². The number of nitrogens with one attached hydrogen (secondary N) is 1. The summed E-state index contributed by atoms with van der Waals surface area (Å²) >= 11 is 6.17. The summed E-state index contributed by atoms with van der Waals surface area (Å²) in [6, 6.07) is 9.70. The van der Waals surface area contributed by atoms with Crippen molar-refractivity contribution in [1.29, 1.82) is 0 Å². The third kappa shape index (κ3) is 3.55. The Morgan fingerprint density at radius 1 is 1.33 bits per heavy atom. The van der Waals surface area contributed by atoms with Crippen molar-refractivity contribution < 1.29 is 13.9 Å². The molecule has 1 amide bonds. The van der Waals surface area contributed by atoms with Gasteiger partial charge in [0, 0.05) is 23.7 Å². The summed E-state index contributed by atoms with van der Waals surface area (Å²) in [6.45, 7) is 1.54. The second-order valence-corrected chi connectivity index (χ2v) is 5.49. The normalized spacial score (nSPS) is 10.6. The Bertz CT molecular complexity index is 954. The van der Waals surface area contributed by atoms with E-state index in [9.17, 15) is 9.59 Å². The van der Waals surface area contributed by atoms with Gasteiger partial charge in [-0.3, -0.25) is 4.79 Å². The van der Waals surface area contributed by atoms with Gasteiger partial charge in [-0.05, 0) is 30.7 Å². The highest BCUT2D eigenvalue weighted by Gasteiger charge is 2.11. The number of aromatic nitrogens is 1. The van der Waals surface area contributed by atoms with Gasteiger partial charge in [0.1, 0.15) is 17.2 Å². The van der Waals surface area contributed by atoms with Crippen molar-refractivity contribution in [1.82, 2.24) is 4.98 Å². The summed E-state index contributed by atoms with van der Waals surface area (Å²) in [5.74, 6) is 0.307. The largest absolute Gasteiger partial charge is 0.482 e. The number of amides is 1. The topological polar surface area (TPSA) is 81.4 Å². The molecule has 0 aliphatic carbocycles. The number of aryl methyl sites for hydroxylation is 1. The van der Waals surface area contributed by atoms with E-state index in [4.69, 9.17) is 20.8 Å². The lowest BCUT2D eigenvalue weighted by Crippen LogP contribution is -2.20. The smallest absolute Gasteiger partial charge is 0.336 e. The lowest BCUT2D eigenvalue weighted by Gasteiger charge is -2.10. The summed E-state index contributed by atoms with van der Waals surface area (Å²) < 4.78 is 10.6. The summed E-state index contributed by atoms with van der Waals surface area (Å²) in [5.41, 5.74) is 0.647. The molecule has 0 saturated heterocycles. The number of anilines is 1. The second-order valence-electron chi connectivity index (χ2n) is 5.08. The average Bonchev–Trinajstić information content (AvgIpc) is 2.55. The molecule has 0 aliphatic heterocycles. The van der Waals surface area contributed by atoms with Crippen LogP contribution in [0.1, 0.15) is 5.56 Å². The van der Waals surface area contributed by atoms with Crippen LogP contribution in [-0.2, 0) is 4.79 Å². The molecule has 6 nitrogen and oxygen atoms in total. The fourth-order valence-electron chi connectivity index (χ4n) is 2.19. The fourth-order valence-corrected chi connectivity index (χ4v) is 2.41. The van der Waals surface area contributed by atoms with Crippen LogP contribution in [0.5, 0.6) is 5.75 Å². The maximum Gasteiger partial charge on any atom is 0.336 e. The van der Waals surface area contributed by atoms with E-state index in [0.29, 0.717) is 21.8 Å². The number of fused-ring (bicyclic) bond motifs is 1. The Hall–Kier alpha value is -2.86. The van der Waals surface area contributed by atoms with Crippen molar-refractivity contribution in [2.45, 2.75) is 6.92 Å². The van der Waals surface area contributed by atoms with Crippen LogP contribution >= 0.6 is 11.6 Å². The Balaban J connectivity index is 1.76. The van der Waals surface area contributed by atoms with E-state index in [1.807, 2.05) is 0 Å². The third-order valence-corrected chi connectivity index (χ3v) is 3.59. The number of carbonyl (C=O) groups excluding carboxylic acids is 1. The highest BCUT2D eigenvalue weighted by atomic mass is 35.5. The van der Waals surface area contributed by atoms with Crippen LogP contribution in [0.25, 0.3) is 11.0 Å². The van der Waals surface area contributed by atoms with E-state index in [1.165, 1.54) is 12.1 Å². The molecule has 7 heteroatoms. The van der Waals surface area contributed by atoms with Crippen molar-refractivity contribution in [2.24, 2.45) is 0 Å². The van der Waals surface area contributed by atoms with Gasteiger partial charge in [-0.2, -0.15) is 0 Å². The number of rotatable bonds is 4. The lowest BCUT2D eigenvalue weighted by atomic mass is 10.1. The molecule has 0 fully saturated rings. The van der Waals surface area contributed by atoms with Gasteiger partial charge in [0.25, 0.3) is 5.91 Å². The molecule has 2 heterocycles. The second kappa shape index (κ2) is 6.72. The molecule has 1 aromatic carbocycles. The summed E-state index contributed by atoms with van der Waals surface area (Å²) in [6.07, 6.45) is 1.57. The van der Waals surface area contributed by atoms with Crippen LogP contribution in [-0.4, -0.2) is 17.5 Å². The van der Waals surface area contributed by atoms with Crippen molar-refractivity contribution in [2.75, 3.05) is 11.9 Å². The summed E-state index contributed by atoms with van der Waals surface area (Å²) in [4.78, 5) is 27.3. The number of benzene rings is 1. The highest BCUT2D eigenvalue weighted by Crippen LogP contribution is 2.30. The zero-order valence-corrected chi connectivity index (χ0v) is 13.5. The fraction of sp³-hybridized carbons (Fsp3) is 0.118. The minimum atomic E-state index is -0.457. The summed E-state index contributed by atoms with van der Waals surface area (Å²) in [5, 5.41) is 3.63. The molecular weight excluding hydrogens is 332 g/mol. The molecule has 3 rings (SSSR count). The molecule has 0 spiro atoms. The third-order valence-electron chi connectivity index (χ3n) is 3.29. The molecular formula is C17H13ClN2O4. The molecule has 1 N–H and O–H groups in total. The first-order valence-electron chi connectivity index (χ1n) is 7.10. The molecule has 0 saturated carbocycles. The minimum Gasteiger partial charge on any atom is -0.482 e. The molecule has 0 unspecified atom stereocenters. The van der Waals surface area contributed by atoms with E-state index < -0.39 is 5.63 Å². The molecule has 2 aromatic heterocycles. The quantitative estimate of drug-likeness (QED) is 0.735. The van der Waals surface area contributed by atoms with Crippen LogP contribution in [0.2, 0.25) is 5.02 Å². The van der Waals surface area contributed by atoms with Crippen LogP contribution < -0.4 is 15.7 Å². The van der Waals surface area contributed by atoms with Gasteiger partial charge in [-0.25, -0.2) is 9.78 Å². The zero-order chi connectivity index (χ0) is 17.1. The molecule has 0 bridgehead atoms. The number of pyridine rings is 1. The Morgan fingerprint density at radius 2 is 2.17 bits per heavy atom. The van der Waals surface area contributed by atoms with Gasteiger partial charge < -0.3 is 14.5 Å². The van der Waals surface area contributed by atoms with Gasteiger partial charge in [0.2, 0.25) is 0 Å². The average molecular weight is 345 g/mol. The van der Waals surface area contributed by atoms with Crippen molar-refractivity contribution in [3.8, 4) is 5.75 Å². The molecule has 0 radical (unpaired) electrons. The number of ether oxygens (including phenoxy) is 1. The van der Waals surface area contributed by atoms with Gasteiger partial charge in [0.05, 0.1) is 5.02 Å². The molecule has 0 aliphatic rings. The Labute approximate surface area is 142 Å². The zero-order valence-electron chi connectivity index (χ0n) is 12.7. The maximum absolute atomic E-state index is 11.9. The molecule has 3 aromatic rings. The summed E-state index contributed by atoms with van der Waals surface area (Å²) in [7, 11) is 0. The predicted octanol–water partition coefficient (Wildman–Crippen LogP) is 3.17. The van der Waals surface area contributed by atoms with Gasteiger partial charge in [0.15, 0.2) is 6.61 Å².